The van der Waals surface area contributed by atoms with Crippen LogP contribution in [-0.2, 0) is 9.53 Å². The maximum absolute atomic E-state index is 12.4. The molecule has 2 atom stereocenters. The van der Waals surface area contributed by atoms with Crippen LogP contribution in [0.5, 0.6) is 5.75 Å². The van der Waals surface area contributed by atoms with Gasteiger partial charge in [0, 0.05) is 5.92 Å². The molecule has 5 heteroatoms. The van der Waals surface area contributed by atoms with Crippen LogP contribution in [0.3, 0.4) is 0 Å². The zero-order valence-electron chi connectivity index (χ0n) is 12.4. The van der Waals surface area contributed by atoms with E-state index in [9.17, 15) is 9.59 Å². The average molecular weight is 316 g/mol. The first kappa shape index (κ1) is 14.8. The Hall–Kier alpha value is -2.14. The highest BCUT2D eigenvalue weighted by Gasteiger charge is 2.39. The lowest BCUT2D eigenvalue weighted by atomic mass is 9.76. The monoisotopic (exact) mass is 316 g/mol. The van der Waals surface area contributed by atoms with Gasteiger partial charge in [0.25, 0.3) is 0 Å². The predicted molar refractivity (Wildman–Crippen MR) is 83.6 cm³/mol. The van der Waals surface area contributed by atoms with Crippen molar-refractivity contribution >= 4 is 23.1 Å². The van der Waals surface area contributed by atoms with Crippen molar-refractivity contribution in [3.63, 3.8) is 0 Å². The maximum Gasteiger partial charge on any atom is 0.316 e. The molecular weight excluding hydrogens is 300 g/mol. The number of benzene rings is 1. The van der Waals surface area contributed by atoms with Crippen LogP contribution in [0.1, 0.15) is 33.1 Å². The summed E-state index contributed by atoms with van der Waals surface area (Å²) in [6.07, 6.45) is 0.446. The molecule has 0 saturated heterocycles. The number of methoxy groups -OCH3 is 2. The number of hydrogen-bond acceptors (Lipinski definition) is 5. The van der Waals surface area contributed by atoms with E-state index in [0.29, 0.717) is 11.3 Å². The van der Waals surface area contributed by atoms with Gasteiger partial charge >= 0.3 is 5.97 Å². The van der Waals surface area contributed by atoms with Crippen LogP contribution in [0.25, 0.3) is 0 Å². The Labute approximate surface area is 132 Å². The summed E-state index contributed by atoms with van der Waals surface area (Å²) >= 11 is 1.39. The van der Waals surface area contributed by atoms with Crippen LogP contribution in [0.2, 0.25) is 0 Å². The van der Waals surface area contributed by atoms with Crippen molar-refractivity contribution in [1.29, 1.82) is 0 Å². The molecule has 0 fully saturated rings. The van der Waals surface area contributed by atoms with E-state index in [-0.39, 0.29) is 11.7 Å². The van der Waals surface area contributed by atoms with E-state index < -0.39 is 11.9 Å². The standard InChI is InChI=1S/C17H16O4S/c1-20-11-5-3-10(4-6-11)13-9-14(17(19)21-2)15(18)16-12(13)7-8-22-16/h3-8,13-14H,9H2,1-2H3. The van der Waals surface area contributed by atoms with Gasteiger partial charge in [-0.3, -0.25) is 9.59 Å². The molecule has 0 aliphatic heterocycles. The Bertz CT molecular complexity index is 702. The van der Waals surface area contributed by atoms with Gasteiger partial charge < -0.3 is 9.47 Å². The normalized spacial score (nSPS) is 20.4. The third kappa shape index (κ3) is 2.41. The third-order valence-electron chi connectivity index (χ3n) is 4.09. The van der Waals surface area contributed by atoms with Gasteiger partial charge in [0.15, 0.2) is 5.78 Å². The molecule has 0 saturated carbocycles. The molecule has 0 bridgehead atoms. The molecule has 1 heterocycles. The van der Waals surface area contributed by atoms with E-state index in [4.69, 9.17) is 9.47 Å². The first-order chi connectivity index (χ1) is 10.7. The van der Waals surface area contributed by atoms with Crippen molar-refractivity contribution in [2.45, 2.75) is 12.3 Å². The lowest BCUT2D eigenvalue weighted by Crippen LogP contribution is -2.31. The lowest BCUT2D eigenvalue weighted by molar-refractivity contribution is -0.144. The summed E-state index contributed by atoms with van der Waals surface area (Å²) in [6.45, 7) is 0. The number of carbonyl (C=O) groups is 2. The van der Waals surface area contributed by atoms with Crippen molar-refractivity contribution in [2.75, 3.05) is 14.2 Å². The van der Waals surface area contributed by atoms with Gasteiger partial charge in [0.2, 0.25) is 0 Å². The Balaban J connectivity index is 2.01. The fourth-order valence-corrected chi connectivity index (χ4v) is 3.87. The van der Waals surface area contributed by atoms with E-state index in [0.717, 1.165) is 16.9 Å². The predicted octanol–water partition coefficient (Wildman–Crippen LogP) is 3.26. The molecule has 0 spiro atoms. The van der Waals surface area contributed by atoms with Crippen molar-refractivity contribution in [2.24, 2.45) is 5.92 Å². The number of esters is 1. The number of fused-ring (bicyclic) bond motifs is 1. The number of ketones is 1. The molecule has 22 heavy (non-hydrogen) atoms. The summed E-state index contributed by atoms with van der Waals surface area (Å²) < 4.78 is 9.98. The number of rotatable bonds is 3. The van der Waals surface area contributed by atoms with Crippen molar-refractivity contribution < 1.29 is 19.1 Å². The van der Waals surface area contributed by atoms with Crippen LogP contribution < -0.4 is 4.74 Å². The van der Waals surface area contributed by atoms with E-state index in [2.05, 4.69) is 0 Å². The summed E-state index contributed by atoms with van der Waals surface area (Å²) in [4.78, 5) is 25.0. The number of Topliss-reactive ketones (excluding diaryl/α,β-unsaturated/α-hetero) is 1. The first-order valence-corrected chi connectivity index (χ1v) is 7.87. The number of hydrogen-bond donors (Lipinski definition) is 0. The Morgan fingerprint density at radius 3 is 2.55 bits per heavy atom. The molecule has 3 rings (SSSR count). The molecule has 1 aliphatic rings. The summed E-state index contributed by atoms with van der Waals surface area (Å²) in [5.41, 5.74) is 2.07. The summed E-state index contributed by atoms with van der Waals surface area (Å²) in [6, 6.07) is 9.72. The van der Waals surface area contributed by atoms with Crippen molar-refractivity contribution in [3.05, 3.63) is 51.7 Å². The molecule has 1 aliphatic carbocycles. The van der Waals surface area contributed by atoms with Gasteiger partial charge in [-0.15, -0.1) is 11.3 Å². The second kappa shape index (κ2) is 5.93. The van der Waals surface area contributed by atoms with E-state index >= 15 is 0 Å². The third-order valence-corrected chi connectivity index (χ3v) is 5.03. The van der Waals surface area contributed by atoms with Crippen LogP contribution in [-0.4, -0.2) is 26.0 Å². The molecule has 1 aromatic heterocycles. The highest BCUT2D eigenvalue weighted by molar-refractivity contribution is 7.12. The minimum absolute atomic E-state index is 0.0222. The Morgan fingerprint density at radius 1 is 1.18 bits per heavy atom. The van der Waals surface area contributed by atoms with Gasteiger partial charge in [0.05, 0.1) is 19.1 Å². The van der Waals surface area contributed by atoms with Crippen molar-refractivity contribution in [1.82, 2.24) is 0 Å². The van der Waals surface area contributed by atoms with Crippen LogP contribution in [0, 0.1) is 5.92 Å². The summed E-state index contributed by atoms with van der Waals surface area (Å²) in [5.74, 6) is -0.493. The van der Waals surface area contributed by atoms with E-state index in [1.165, 1.54) is 18.4 Å². The number of carbonyl (C=O) groups excluding carboxylic acids is 2. The zero-order valence-corrected chi connectivity index (χ0v) is 13.2. The topological polar surface area (TPSA) is 52.6 Å². The number of thiophene rings is 1. The second-order valence-electron chi connectivity index (χ2n) is 5.21. The quantitative estimate of drug-likeness (QED) is 0.644. The minimum Gasteiger partial charge on any atom is -0.497 e. The molecule has 4 nitrogen and oxygen atoms in total. The second-order valence-corrected chi connectivity index (χ2v) is 6.12. The van der Waals surface area contributed by atoms with E-state index in [1.54, 1.807) is 7.11 Å². The van der Waals surface area contributed by atoms with E-state index in [1.807, 2.05) is 35.7 Å². The van der Waals surface area contributed by atoms with Crippen LogP contribution in [0.4, 0.5) is 0 Å². The molecule has 114 valence electrons. The fraction of sp³-hybridized carbons (Fsp3) is 0.294. The summed E-state index contributed by atoms with van der Waals surface area (Å²) in [7, 11) is 2.94. The molecule has 0 amide bonds. The first-order valence-electron chi connectivity index (χ1n) is 6.99. The van der Waals surface area contributed by atoms with Crippen molar-refractivity contribution in [3.8, 4) is 5.75 Å². The maximum atomic E-state index is 12.4. The molecular formula is C17H16O4S. The molecule has 0 N–H and O–H groups in total. The van der Waals surface area contributed by atoms with Crippen LogP contribution in [0.15, 0.2) is 35.7 Å². The SMILES string of the molecule is COC(=O)C1CC(c2ccc(OC)cc2)c2ccsc2C1=O. The molecule has 1 aromatic carbocycles. The highest BCUT2D eigenvalue weighted by Crippen LogP contribution is 2.42. The average Bonchev–Trinajstić information content (AvgIpc) is 3.05. The van der Waals surface area contributed by atoms with Gasteiger partial charge in [-0.05, 0) is 41.1 Å². The fourth-order valence-electron chi connectivity index (χ4n) is 2.92. The van der Waals surface area contributed by atoms with Gasteiger partial charge in [-0.25, -0.2) is 0 Å². The van der Waals surface area contributed by atoms with Gasteiger partial charge in [-0.2, -0.15) is 0 Å². The lowest BCUT2D eigenvalue weighted by Gasteiger charge is -2.27. The molecule has 2 aromatic rings. The van der Waals surface area contributed by atoms with Crippen LogP contribution >= 0.6 is 11.3 Å². The smallest absolute Gasteiger partial charge is 0.316 e. The Kier molecular flexibility index (Phi) is 3.98. The minimum atomic E-state index is -0.719. The van der Waals surface area contributed by atoms with Gasteiger partial charge in [-0.1, -0.05) is 12.1 Å². The summed E-state index contributed by atoms with van der Waals surface area (Å²) in [5, 5.41) is 1.90. The molecule has 0 radical (unpaired) electrons. The largest absolute Gasteiger partial charge is 0.497 e. The molecule has 2 unspecified atom stereocenters. The highest BCUT2D eigenvalue weighted by atomic mass is 32.1. The zero-order chi connectivity index (χ0) is 15.7. The van der Waals surface area contributed by atoms with Gasteiger partial charge in [0.1, 0.15) is 11.7 Å². The Morgan fingerprint density at radius 2 is 1.91 bits per heavy atom. The number of ether oxygens (including phenoxy) is 2.